The van der Waals surface area contributed by atoms with Crippen LogP contribution in [-0.2, 0) is 4.79 Å². The van der Waals surface area contributed by atoms with Gasteiger partial charge in [-0.05, 0) is 24.3 Å². The fraction of sp³-hybridized carbons (Fsp3) is 0.0769. The smallest absolute Gasteiger partial charge is 0.222 e. The number of nitriles is 1. The third-order valence-electron chi connectivity index (χ3n) is 2.28. The Morgan fingerprint density at radius 3 is 2.47 bits per heavy atom. The van der Waals surface area contributed by atoms with Crippen molar-refractivity contribution in [3.05, 3.63) is 42.0 Å². The van der Waals surface area contributed by atoms with Crippen LogP contribution in [0.2, 0.25) is 0 Å². The predicted octanol–water partition coefficient (Wildman–Crippen LogP) is 2.05. The highest BCUT2D eigenvalue weighted by Gasteiger charge is 2.03. The first-order valence-electron chi connectivity index (χ1n) is 5.56. The van der Waals surface area contributed by atoms with Gasteiger partial charge in [-0.3, -0.25) is 4.79 Å². The zero-order valence-electron chi connectivity index (χ0n) is 10.2. The SMILES string of the molecule is CC(=O)Nc1ccc(Nc2ccccc2C#N)nn1. The topological polar surface area (TPSA) is 90.7 Å². The summed E-state index contributed by atoms with van der Waals surface area (Å²) in [5.41, 5.74) is 1.18. The summed E-state index contributed by atoms with van der Waals surface area (Å²) < 4.78 is 0. The first-order valence-corrected chi connectivity index (χ1v) is 5.56. The van der Waals surface area contributed by atoms with Crippen molar-refractivity contribution in [2.24, 2.45) is 0 Å². The third kappa shape index (κ3) is 3.26. The molecule has 1 aromatic heterocycles. The molecule has 0 spiro atoms. The van der Waals surface area contributed by atoms with Gasteiger partial charge in [0.15, 0.2) is 11.6 Å². The number of benzene rings is 1. The van der Waals surface area contributed by atoms with Crippen molar-refractivity contribution in [2.45, 2.75) is 6.92 Å². The minimum Gasteiger partial charge on any atom is -0.338 e. The number of aromatic nitrogens is 2. The number of nitrogens with one attached hydrogen (secondary N) is 2. The molecule has 1 aromatic carbocycles. The molecule has 0 unspecified atom stereocenters. The van der Waals surface area contributed by atoms with Crippen LogP contribution in [0, 0.1) is 11.3 Å². The van der Waals surface area contributed by atoms with Gasteiger partial charge in [-0.25, -0.2) is 0 Å². The van der Waals surface area contributed by atoms with Gasteiger partial charge in [0, 0.05) is 6.92 Å². The van der Waals surface area contributed by atoms with Crippen molar-refractivity contribution in [2.75, 3.05) is 10.6 Å². The third-order valence-corrected chi connectivity index (χ3v) is 2.28. The molecule has 94 valence electrons. The summed E-state index contributed by atoms with van der Waals surface area (Å²) in [6.45, 7) is 1.40. The van der Waals surface area contributed by atoms with Crippen LogP contribution in [0.1, 0.15) is 12.5 Å². The summed E-state index contributed by atoms with van der Waals surface area (Å²) in [7, 11) is 0. The maximum Gasteiger partial charge on any atom is 0.222 e. The Hall–Kier alpha value is -2.94. The maximum absolute atomic E-state index is 10.8. The van der Waals surface area contributed by atoms with Gasteiger partial charge in [-0.1, -0.05) is 12.1 Å². The first-order chi connectivity index (χ1) is 9.19. The van der Waals surface area contributed by atoms with Gasteiger partial charge in [0.05, 0.1) is 11.3 Å². The first kappa shape index (κ1) is 12.5. The average molecular weight is 253 g/mol. The lowest BCUT2D eigenvalue weighted by Gasteiger charge is -2.07. The van der Waals surface area contributed by atoms with E-state index in [1.807, 2.05) is 6.07 Å². The second-order valence-electron chi connectivity index (χ2n) is 3.77. The number of nitrogens with zero attached hydrogens (tertiary/aromatic N) is 3. The lowest BCUT2D eigenvalue weighted by molar-refractivity contribution is -0.114. The molecule has 19 heavy (non-hydrogen) atoms. The molecule has 2 N–H and O–H groups in total. The van der Waals surface area contributed by atoms with Crippen molar-refractivity contribution in [1.82, 2.24) is 10.2 Å². The second-order valence-corrected chi connectivity index (χ2v) is 3.77. The number of anilines is 3. The molecule has 0 aliphatic rings. The van der Waals surface area contributed by atoms with E-state index in [0.29, 0.717) is 22.9 Å². The fourth-order valence-electron chi connectivity index (χ4n) is 1.47. The Morgan fingerprint density at radius 2 is 1.84 bits per heavy atom. The van der Waals surface area contributed by atoms with Crippen LogP contribution in [0.5, 0.6) is 0 Å². The van der Waals surface area contributed by atoms with E-state index in [-0.39, 0.29) is 5.91 Å². The fourth-order valence-corrected chi connectivity index (χ4v) is 1.47. The van der Waals surface area contributed by atoms with Gasteiger partial charge in [-0.2, -0.15) is 5.26 Å². The molecule has 1 amide bonds. The van der Waals surface area contributed by atoms with Crippen LogP contribution in [0.25, 0.3) is 0 Å². The minimum absolute atomic E-state index is 0.204. The molecule has 0 saturated heterocycles. The number of hydrogen-bond donors (Lipinski definition) is 2. The van der Waals surface area contributed by atoms with Gasteiger partial charge in [-0.15, -0.1) is 10.2 Å². The minimum atomic E-state index is -0.204. The molecule has 6 heteroatoms. The lowest BCUT2D eigenvalue weighted by Crippen LogP contribution is -2.08. The Labute approximate surface area is 110 Å². The van der Waals surface area contributed by atoms with E-state index in [4.69, 9.17) is 5.26 Å². The van der Waals surface area contributed by atoms with Crippen LogP contribution >= 0.6 is 0 Å². The van der Waals surface area contributed by atoms with E-state index in [0.717, 1.165) is 0 Å². The van der Waals surface area contributed by atoms with Crippen LogP contribution in [-0.4, -0.2) is 16.1 Å². The van der Waals surface area contributed by atoms with Gasteiger partial charge < -0.3 is 10.6 Å². The number of amides is 1. The van der Waals surface area contributed by atoms with Gasteiger partial charge in [0.1, 0.15) is 6.07 Å². The molecular weight excluding hydrogens is 242 g/mol. The van der Waals surface area contributed by atoms with E-state index in [9.17, 15) is 4.79 Å². The van der Waals surface area contributed by atoms with Crippen molar-refractivity contribution < 1.29 is 4.79 Å². The summed E-state index contributed by atoms with van der Waals surface area (Å²) in [5, 5.41) is 22.2. The Kier molecular flexibility index (Phi) is 3.69. The molecule has 2 rings (SSSR count). The largest absolute Gasteiger partial charge is 0.338 e. The molecule has 0 atom stereocenters. The van der Waals surface area contributed by atoms with Crippen LogP contribution < -0.4 is 10.6 Å². The molecule has 0 aliphatic heterocycles. The summed E-state index contributed by atoms with van der Waals surface area (Å²) >= 11 is 0. The van der Waals surface area contributed by atoms with Crippen LogP contribution in [0.4, 0.5) is 17.3 Å². The molecule has 6 nitrogen and oxygen atoms in total. The lowest BCUT2D eigenvalue weighted by atomic mass is 10.2. The van der Waals surface area contributed by atoms with Crippen LogP contribution in [0.3, 0.4) is 0 Å². The van der Waals surface area contributed by atoms with E-state index in [1.165, 1.54) is 6.92 Å². The van der Waals surface area contributed by atoms with E-state index in [2.05, 4.69) is 26.9 Å². The zero-order valence-corrected chi connectivity index (χ0v) is 10.2. The average Bonchev–Trinajstić information content (AvgIpc) is 2.41. The van der Waals surface area contributed by atoms with Crippen molar-refractivity contribution in [3.63, 3.8) is 0 Å². The molecule has 0 fully saturated rings. The van der Waals surface area contributed by atoms with Gasteiger partial charge in [0.2, 0.25) is 5.91 Å². The molecule has 0 aliphatic carbocycles. The Bertz CT molecular complexity index is 630. The van der Waals surface area contributed by atoms with E-state index in [1.54, 1.807) is 30.3 Å². The van der Waals surface area contributed by atoms with Crippen molar-refractivity contribution in [3.8, 4) is 6.07 Å². The zero-order chi connectivity index (χ0) is 13.7. The summed E-state index contributed by atoms with van der Waals surface area (Å²) in [4.78, 5) is 10.8. The highest BCUT2D eigenvalue weighted by Crippen LogP contribution is 2.18. The molecule has 2 aromatic rings. The highest BCUT2D eigenvalue weighted by molar-refractivity contribution is 5.87. The molecule has 0 bridgehead atoms. The number of carbonyl (C=O) groups is 1. The quantitative estimate of drug-likeness (QED) is 0.873. The standard InChI is InChI=1S/C13H11N5O/c1-9(19)15-12-6-7-13(18-17-12)16-11-5-3-2-4-10(11)8-14/h2-7H,1H3,(H,16,18)(H,15,17,19). The monoisotopic (exact) mass is 253 g/mol. The van der Waals surface area contributed by atoms with Gasteiger partial charge >= 0.3 is 0 Å². The van der Waals surface area contributed by atoms with Crippen molar-refractivity contribution >= 4 is 23.2 Å². The predicted molar refractivity (Wildman–Crippen MR) is 70.8 cm³/mol. The molecule has 0 radical (unpaired) electrons. The number of hydrogen-bond acceptors (Lipinski definition) is 5. The number of para-hydroxylation sites is 1. The molecule has 1 heterocycles. The van der Waals surface area contributed by atoms with E-state index >= 15 is 0 Å². The molecule has 0 saturated carbocycles. The normalized spacial score (nSPS) is 9.47. The summed E-state index contributed by atoms with van der Waals surface area (Å²) in [6, 6.07) is 12.5. The Morgan fingerprint density at radius 1 is 1.16 bits per heavy atom. The second kappa shape index (κ2) is 5.60. The number of carbonyl (C=O) groups excluding carboxylic acids is 1. The van der Waals surface area contributed by atoms with Crippen LogP contribution in [0.15, 0.2) is 36.4 Å². The summed E-state index contributed by atoms with van der Waals surface area (Å²) in [5.74, 6) is 0.674. The highest BCUT2D eigenvalue weighted by atomic mass is 16.1. The number of rotatable bonds is 3. The van der Waals surface area contributed by atoms with E-state index < -0.39 is 0 Å². The van der Waals surface area contributed by atoms with Gasteiger partial charge in [0.25, 0.3) is 0 Å². The van der Waals surface area contributed by atoms with Crippen molar-refractivity contribution in [1.29, 1.82) is 5.26 Å². The summed E-state index contributed by atoms with van der Waals surface area (Å²) in [6.07, 6.45) is 0. The maximum atomic E-state index is 10.8. The Balaban J connectivity index is 2.16. The molecular formula is C13H11N5O.